The molecule has 0 aromatic carbocycles. The van der Waals surface area contributed by atoms with Crippen LogP contribution in [0.5, 0.6) is 0 Å². The van der Waals surface area contributed by atoms with E-state index in [2.05, 4.69) is 10.2 Å². The standard InChI is InChI=1S/C13H20N2O2S/c1-10(15-6-4-11(16)5-7-15)13(17)14-9-12-3-2-8-18-12/h2-3,8,10-11,16H,4-7,9H2,1H3,(H,14,17). The van der Waals surface area contributed by atoms with Crippen LogP contribution >= 0.6 is 11.3 Å². The van der Waals surface area contributed by atoms with Crippen LogP contribution in [0.1, 0.15) is 24.6 Å². The van der Waals surface area contributed by atoms with E-state index in [1.165, 1.54) is 4.88 Å². The van der Waals surface area contributed by atoms with Gasteiger partial charge in [-0.15, -0.1) is 11.3 Å². The number of carbonyl (C=O) groups excluding carboxylic acids is 1. The average Bonchev–Trinajstić information content (AvgIpc) is 2.89. The molecule has 5 heteroatoms. The quantitative estimate of drug-likeness (QED) is 0.863. The van der Waals surface area contributed by atoms with Gasteiger partial charge in [-0.2, -0.15) is 0 Å². The van der Waals surface area contributed by atoms with Crippen LogP contribution in [-0.4, -0.2) is 41.1 Å². The van der Waals surface area contributed by atoms with Gasteiger partial charge in [0.2, 0.25) is 5.91 Å². The fourth-order valence-electron chi connectivity index (χ4n) is 2.17. The molecule has 1 aromatic heterocycles. The van der Waals surface area contributed by atoms with Crippen LogP contribution in [0.3, 0.4) is 0 Å². The molecule has 2 N–H and O–H groups in total. The van der Waals surface area contributed by atoms with Crippen molar-refractivity contribution in [2.45, 2.75) is 38.5 Å². The zero-order valence-electron chi connectivity index (χ0n) is 10.6. The van der Waals surface area contributed by atoms with Gasteiger partial charge in [0.05, 0.1) is 18.7 Å². The first-order valence-electron chi connectivity index (χ1n) is 6.39. The number of piperidine rings is 1. The summed E-state index contributed by atoms with van der Waals surface area (Å²) in [6.45, 7) is 4.14. The normalized spacial score (nSPS) is 19.7. The van der Waals surface area contributed by atoms with Crippen molar-refractivity contribution >= 4 is 17.2 Å². The highest BCUT2D eigenvalue weighted by Gasteiger charge is 2.25. The van der Waals surface area contributed by atoms with E-state index in [9.17, 15) is 9.90 Å². The molecule has 1 unspecified atom stereocenters. The Kier molecular flexibility index (Phi) is 4.74. The fourth-order valence-corrected chi connectivity index (χ4v) is 2.82. The van der Waals surface area contributed by atoms with Crippen LogP contribution < -0.4 is 5.32 Å². The fraction of sp³-hybridized carbons (Fsp3) is 0.615. The molecule has 4 nitrogen and oxygen atoms in total. The lowest BCUT2D eigenvalue weighted by Gasteiger charge is -2.33. The summed E-state index contributed by atoms with van der Waals surface area (Å²) in [5.41, 5.74) is 0. The third-order valence-corrected chi connectivity index (χ3v) is 4.32. The minimum Gasteiger partial charge on any atom is -0.393 e. The monoisotopic (exact) mass is 268 g/mol. The lowest BCUT2D eigenvalue weighted by atomic mass is 10.1. The summed E-state index contributed by atoms with van der Waals surface area (Å²) in [7, 11) is 0. The number of hydrogen-bond acceptors (Lipinski definition) is 4. The number of likely N-dealkylation sites (tertiary alicyclic amines) is 1. The molecule has 0 aliphatic carbocycles. The summed E-state index contributed by atoms with van der Waals surface area (Å²) in [6, 6.07) is 3.89. The smallest absolute Gasteiger partial charge is 0.237 e. The number of nitrogens with zero attached hydrogens (tertiary/aromatic N) is 1. The SMILES string of the molecule is CC(C(=O)NCc1cccs1)N1CCC(O)CC1. The zero-order valence-corrected chi connectivity index (χ0v) is 11.4. The molecular formula is C13H20N2O2S. The van der Waals surface area contributed by atoms with Gasteiger partial charge in [-0.25, -0.2) is 0 Å². The summed E-state index contributed by atoms with van der Waals surface area (Å²) >= 11 is 1.65. The lowest BCUT2D eigenvalue weighted by molar-refractivity contribution is -0.126. The summed E-state index contributed by atoms with van der Waals surface area (Å²) < 4.78 is 0. The molecule has 1 aromatic rings. The predicted molar refractivity (Wildman–Crippen MR) is 72.4 cm³/mol. The molecule has 0 saturated carbocycles. The van der Waals surface area contributed by atoms with Crippen LogP contribution in [-0.2, 0) is 11.3 Å². The molecule has 1 amide bonds. The van der Waals surface area contributed by atoms with Crippen LogP contribution in [0.25, 0.3) is 0 Å². The molecule has 18 heavy (non-hydrogen) atoms. The van der Waals surface area contributed by atoms with E-state index in [-0.39, 0.29) is 18.1 Å². The molecule has 0 radical (unpaired) electrons. The van der Waals surface area contributed by atoms with Crippen LogP contribution in [0.4, 0.5) is 0 Å². The predicted octanol–water partition coefficient (Wildman–Crippen LogP) is 1.21. The van der Waals surface area contributed by atoms with Crippen LogP contribution in [0, 0.1) is 0 Å². The Morgan fingerprint density at radius 3 is 2.94 bits per heavy atom. The van der Waals surface area contributed by atoms with Gasteiger partial charge in [-0.3, -0.25) is 9.69 Å². The molecule has 1 atom stereocenters. The third-order valence-electron chi connectivity index (χ3n) is 3.44. The topological polar surface area (TPSA) is 52.6 Å². The van der Waals surface area contributed by atoms with Crippen molar-refractivity contribution in [1.82, 2.24) is 10.2 Å². The summed E-state index contributed by atoms with van der Waals surface area (Å²) in [4.78, 5) is 15.3. The van der Waals surface area contributed by atoms with Crippen molar-refractivity contribution in [3.05, 3.63) is 22.4 Å². The summed E-state index contributed by atoms with van der Waals surface area (Å²) in [5, 5.41) is 14.4. The molecule has 2 rings (SSSR count). The molecule has 0 spiro atoms. The summed E-state index contributed by atoms with van der Waals surface area (Å²) in [5.74, 6) is 0.0692. The van der Waals surface area contributed by atoms with Crippen molar-refractivity contribution in [1.29, 1.82) is 0 Å². The third kappa shape index (κ3) is 3.54. The lowest BCUT2D eigenvalue weighted by Crippen LogP contribution is -2.48. The number of carbonyl (C=O) groups is 1. The highest BCUT2D eigenvalue weighted by atomic mass is 32.1. The maximum Gasteiger partial charge on any atom is 0.237 e. The number of thiophene rings is 1. The van der Waals surface area contributed by atoms with Gasteiger partial charge in [0.15, 0.2) is 0 Å². The Hall–Kier alpha value is -0.910. The molecule has 1 fully saturated rings. The average molecular weight is 268 g/mol. The van der Waals surface area contributed by atoms with E-state index in [1.54, 1.807) is 11.3 Å². The van der Waals surface area contributed by atoms with E-state index < -0.39 is 0 Å². The van der Waals surface area contributed by atoms with E-state index in [4.69, 9.17) is 0 Å². The number of amides is 1. The van der Waals surface area contributed by atoms with E-state index >= 15 is 0 Å². The Labute approximate surface area is 112 Å². The Morgan fingerprint density at radius 2 is 2.33 bits per heavy atom. The minimum atomic E-state index is -0.192. The van der Waals surface area contributed by atoms with Gasteiger partial charge in [-0.1, -0.05) is 6.07 Å². The molecule has 2 heterocycles. The van der Waals surface area contributed by atoms with E-state index in [0.29, 0.717) is 6.54 Å². The van der Waals surface area contributed by atoms with Crippen molar-refractivity contribution in [2.75, 3.05) is 13.1 Å². The number of nitrogens with one attached hydrogen (secondary N) is 1. The minimum absolute atomic E-state index is 0.0692. The maximum atomic E-state index is 12.0. The Balaban J connectivity index is 1.77. The van der Waals surface area contributed by atoms with Crippen molar-refractivity contribution < 1.29 is 9.90 Å². The molecule has 0 bridgehead atoms. The molecular weight excluding hydrogens is 248 g/mol. The molecule has 1 aliphatic heterocycles. The number of rotatable bonds is 4. The van der Waals surface area contributed by atoms with Crippen molar-refractivity contribution in [2.24, 2.45) is 0 Å². The van der Waals surface area contributed by atoms with Gasteiger partial charge in [0.25, 0.3) is 0 Å². The van der Waals surface area contributed by atoms with Gasteiger partial charge >= 0.3 is 0 Å². The van der Waals surface area contributed by atoms with Crippen LogP contribution in [0.2, 0.25) is 0 Å². The number of aliphatic hydroxyl groups is 1. The first-order valence-corrected chi connectivity index (χ1v) is 7.27. The zero-order chi connectivity index (χ0) is 13.0. The van der Waals surface area contributed by atoms with Gasteiger partial charge in [-0.05, 0) is 31.2 Å². The highest BCUT2D eigenvalue weighted by Crippen LogP contribution is 2.13. The van der Waals surface area contributed by atoms with Crippen molar-refractivity contribution in [3.8, 4) is 0 Å². The molecule has 100 valence electrons. The largest absolute Gasteiger partial charge is 0.393 e. The molecule has 1 aliphatic rings. The second-order valence-electron chi connectivity index (χ2n) is 4.74. The first kappa shape index (κ1) is 13.5. The second-order valence-corrected chi connectivity index (χ2v) is 5.77. The second kappa shape index (κ2) is 6.31. The van der Waals surface area contributed by atoms with E-state index in [0.717, 1.165) is 25.9 Å². The Morgan fingerprint density at radius 1 is 1.61 bits per heavy atom. The van der Waals surface area contributed by atoms with Crippen molar-refractivity contribution in [3.63, 3.8) is 0 Å². The Bertz CT molecular complexity index is 372. The van der Waals surface area contributed by atoms with Gasteiger partial charge in [0.1, 0.15) is 0 Å². The number of hydrogen-bond donors (Lipinski definition) is 2. The maximum absolute atomic E-state index is 12.0. The van der Waals surface area contributed by atoms with Gasteiger partial charge in [0, 0.05) is 18.0 Å². The van der Waals surface area contributed by atoms with E-state index in [1.807, 2.05) is 24.4 Å². The first-order chi connectivity index (χ1) is 8.66. The van der Waals surface area contributed by atoms with Crippen LogP contribution in [0.15, 0.2) is 17.5 Å². The summed E-state index contributed by atoms with van der Waals surface area (Å²) in [6.07, 6.45) is 1.34. The molecule has 1 saturated heterocycles. The highest BCUT2D eigenvalue weighted by molar-refractivity contribution is 7.09. The van der Waals surface area contributed by atoms with Gasteiger partial charge < -0.3 is 10.4 Å². The number of aliphatic hydroxyl groups excluding tert-OH is 1.